The number of halogens is 6. The van der Waals surface area contributed by atoms with E-state index in [4.69, 9.17) is 4.55 Å². The topological polar surface area (TPSA) is 54.4 Å². The van der Waals surface area contributed by atoms with E-state index in [1.54, 1.807) is 0 Å². The van der Waals surface area contributed by atoms with E-state index in [0.29, 0.717) is 0 Å². The first-order valence-corrected chi connectivity index (χ1v) is 5.35. The van der Waals surface area contributed by atoms with Gasteiger partial charge < -0.3 is 0 Å². The molecule has 0 aromatic carbocycles. The van der Waals surface area contributed by atoms with Crippen LogP contribution in [0.5, 0.6) is 0 Å². The largest absolute Gasteiger partial charge is 0.419 e. The number of rotatable bonds is 3. The SMILES string of the molecule is CCCC(C(F)(F)F)(C(F)(F)F)S(=O)(=O)O. The maximum atomic E-state index is 12.3. The highest BCUT2D eigenvalue weighted by molar-refractivity contribution is 7.87. The van der Waals surface area contributed by atoms with Crippen LogP contribution in [0.25, 0.3) is 0 Å². The lowest BCUT2D eigenvalue weighted by Gasteiger charge is -2.33. The van der Waals surface area contributed by atoms with E-state index in [1.165, 1.54) is 0 Å². The van der Waals surface area contributed by atoms with Crippen LogP contribution in [0.2, 0.25) is 0 Å². The third-order valence-corrected chi connectivity index (χ3v) is 3.51. The van der Waals surface area contributed by atoms with Gasteiger partial charge in [0.15, 0.2) is 0 Å². The molecule has 3 nitrogen and oxygen atoms in total. The molecule has 10 heteroatoms. The molecule has 0 aliphatic carbocycles. The van der Waals surface area contributed by atoms with Crippen molar-refractivity contribution in [3.63, 3.8) is 0 Å². The molecule has 0 fully saturated rings. The second kappa shape index (κ2) is 4.06. The molecule has 0 bridgehead atoms. The Morgan fingerprint density at radius 1 is 1.00 bits per heavy atom. The number of alkyl halides is 6. The maximum Gasteiger partial charge on any atom is 0.419 e. The Morgan fingerprint density at radius 3 is 1.38 bits per heavy atom. The highest BCUT2D eigenvalue weighted by Gasteiger charge is 2.77. The minimum Gasteiger partial charge on any atom is -0.285 e. The Kier molecular flexibility index (Phi) is 3.93. The van der Waals surface area contributed by atoms with Gasteiger partial charge in [-0.1, -0.05) is 13.3 Å². The average Bonchev–Trinajstić information content (AvgIpc) is 1.91. The first-order valence-electron chi connectivity index (χ1n) is 3.91. The second-order valence-electron chi connectivity index (χ2n) is 3.05. The first-order chi connectivity index (χ1) is 6.81. The molecule has 0 saturated heterocycles. The summed E-state index contributed by atoms with van der Waals surface area (Å²) in [7, 11) is -6.35. The zero-order chi connectivity index (χ0) is 13.4. The lowest BCUT2D eigenvalue weighted by molar-refractivity contribution is -0.270. The Morgan fingerprint density at radius 2 is 1.31 bits per heavy atom. The first kappa shape index (κ1) is 15.5. The Balaban J connectivity index is 6.04. The van der Waals surface area contributed by atoms with Crippen molar-refractivity contribution < 1.29 is 39.3 Å². The van der Waals surface area contributed by atoms with Gasteiger partial charge in [0.25, 0.3) is 14.9 Å². The summed E-state index contributed by atoms with van der Waals surface area (Å²) < 4.78 is 97.8. The van der Waals surface area contributed by atoms with Crippen molar-refractivity contribution in [1.29, 1.82) is 0 Å². The minimum absolute atomic E-state index is 0.710. The Bertz CT molecular complexity index is 326. The summed E-state index contributed by atoms with van der Waals surface area (Å²) in [5.41, 5.74) is 0. The van der Waals surface area contributed by atoms with E-state index in [9.17, 15) is 34.8 Å². The fraction of sp³-hybridized carbons (Fsp3) is 1.00. The van der Waals surface area contributed by atoms with E-state index in [-0.39, 0.29) is 0 Å². The molecule has 0 atom stereocenters. The van der Waals surface area contributed by atoms with Gasteiger partial charge in [-0.15, -0.1) is 0 Å². The van der Waals surface area contributed by atoms with Crippen molar-refractivity contribution in [3.05, 3.63) is 0 Å². The molecule has 0 heterocycles. The van der Waals surface area contributed by atoms with Crippen LogP contribution in [-0.2, 0) is 10.1 Å². The molecule has 0 unspecified atom stereocenters. The van der Waals surface area contributed by atoms with Gasteiger partial charge in [-0.25, -0.2) is 0 Å². The quantitative estimate of drug-likeness (QED) is 0.635. The van der Waals surface area contributed by atoms with E-state index in [2.05, 4.69) is 0 Å². The van der Waals surface area contributed by atoms with Crippen LogP contribution in [0, 0.1) is 0 Å². The van der Waals surface area contributed by atoms with Crippen molar-refractivity contribution in [2.24, 2.45) is 0 Å². The Hall–Kier alpha value is -0.510. The van der Waals surface area contributed by atoms with Gasteiger partial charge in [0.1, 0.15) is 0 Å². The third-order valence-electron chi connectivity index (χ3n) is 1.96. The Labute approximate surface area is 87.2 Å². The van der Waals surface area contributed by atoms with Gasteiger partial charge in [-0.3, -0.25) is 4.55 Å². The molecule has 0 saturated carbocycles. The van der Waals surface area contributed by atoms with E-state index in [0.717, 1.165) is 6.92 Å². The van der Waals surface area contributed by atoms with Gasteiger partial charge in [-0.05, 0) is 6.42 Å². The smallest absolute Gasteiger partial charge is 0.285 e. The summed E-state index contributed by atoms with van der Waals surface area (Å²) in [5.74, 6) is 0. The molecular weight excluding hydrogens is 266 g/mol. The molecule has 0 spiro atoms. The van der Waals surface area contributed by atoms with Crippen LogP contribution < -0.4 is 0 Å². The van der Waals surface area contributed by atoms with Gasteiger partial charge in [0.05, 0.1) is 0 Å². The zero-order valence-electron chi connectivity index (χ0n) is 7.85. The van der Waals surface area contributed by atoms with E-state index in [1.807, 2.05) is 0 Å². The number of hydrogen-bond donors (Lipinski definition) is 1. The predicted molar refractivity (Wildman–Crippen MR) is 41.3 cm³/mol. The highest BCUT2D eigenvalue weighted by atomic mass is 32.2. The van der Waals surface area contributed by atoms with E-state index < -0.39 is 40.1 Å². The van der Waals surface area contributed by atoms with Crippen LogP contribution in [0.3, 0.4) is 0 Å². The summed E-state index contributed by atoms with van der Waals surface area (Å²) in [5, 5.41) is 0. The van der Waals surface area contributed by atoms with Gasteiger partial charge in [0.2, 0.25) is 0 Å². The minimum atomic E-state index is -6.35. The molecule has 16 heavy (non-hydrogen) atoms. The highest BCUT2D eigenvalue weighted by Crippen LogP contribution is 2.50. The summed E-state index contributed by atoms with van der Waals surface area (Å²) in [6.45, 7) is 0.942. The van der Waals surface area contributed by atoms with Crippen molar-refractivity contribution in [2.75, 3.05) is 0 Å². The van der Waals surface area contributed by atoms with Crippen LogP contribution >= 0.6 is 0 Å². The standard InChI is InChI=1S/C6H8F6O3S/c1-2-3-4(5(7,8)9,6(10,11)12)16(13,14)15/h2-3H2,1H3,(H,13,14,15). The lowest BCUT2D eigenvalue weighted by atomic mass is 10.0. The average molecular weight is 274 g/mol. The molecular formula is C6H8F6O3S. The van der Waals surface area contributed by atoms with Crippen molar-refractivity contribution in [2.45, 2.75) is 36.9 Å². The monoisotopic (exact) mass is 274 g/mol. The lowest BCUT2D eigenvalue weighted by Crippen LogP contribution is -2.61. The summed E-state index contributed by atoms with van der Waals surface area (Å²) >= 11 is 0. The molecule has 0 radical (unpaired) electrons. The maximum absolute atomic E-state index is 12.3. The van der Waals surface area contributed by atoms with Gasteiger partial charge in [0, 0.05) is 0 Å². The molecule has 0 aromatic heterocycles. The van der Waals surface area contributed by atoms with Crippen LogP contribution in [0.15, 0.2) is 0 Å². The molecule has 98 valence electrons. The summed E-state index contributed by atoms with van der Waals surface area (Å²) in [6, 6.07) is 0. The fourth-order valence-electron chi connectivity index (χ4n) is 1.22. The van der Waals surface area contributed by atoms with E-state index >= 15 is 0 Å². The molecule has 0 aliphatic rings. The summed E-state index contributed by atoms with van der Waals surface area (Å²) in [6.07, 6.45) is -14.7. The molecule has 0 rings (SSSR count). The predicted octanol–water partition coefficient (Wildman–Crippen LogP) is 2.54. The normalized spacial score (nSPS) is 15.2. The van der Waals surface area contributed by atoms with Crippen molar-refractivity contribution in [3.8, 4) is 0 Å². The molecule has 0 aromatic rings. The molecule has 0 aliphatic heterocycles. The van der Waals surface area contributed by atoms with Gasteiger partial charge in [-0.2, -0.15) is 34.8 Å². The third kappa shape index (κ3) is 2.26. The van der Waals surface area contributed by atoms with Crippen LogP contribution in [0.1, 0.15) is 19.8 Å². The van der Waals surface area contributed by atoms with Gasteiger partial charge >= 0.3 is 12.4 Å². The van der Waals surface area contributed by atoms with Crippen LogP contribution in [-0.4, -0.2) is 30.1 Å². The van der Waals surface area contributed by atoms with Crippen molar-refractivity contribution >= 4 is 10.1 Å². The molecule has 1 N–H and O–H groups in total. The number of hydrogen-bond acceptors (Lipinski definition) is 2. The van der Waals surface area contributed by atoms with Crippen molar-refractivity contribution in [1.82, 2.24) is 0 Å². The second-order valence-corrected chi connectivity index (χ2v) is 4.69. The summed E-state index contributed by atoms with van der Waals surface area (Å²) in [4.78, 5) is 0. The fourth-order valence-corrected chi connectivity index (χ4v) is 2.26. The zero-order valence-corrected chi connectivity index (χ0v) is 8.67. The molecule has 0 amide bonds. The van der Waals surface area contributed by atoms with Crippen LogP contribution in [0.4, 0.5) is 26.3 Å².